The average Bonchev–Trinajstić information content (AvgIpc) is 2.37. The number of hydrogen-bond donors (Lipinski definition) is 1. The van der Waals surface area contributed by atoms with Gasteiger partial charge in [-0.2, -0.15) is 11.8 Å². The minimum absolute atomic E-state index is 0.719. The minimum atomic E-state index is 0.719. The molecular formula is C13H20BrNO2S. The normalized spacial score (nSPS) is 10.6. The van der Waals surface area contributed by atoms with Crippen LogP contribution in [0, 0.1) is 0 Å². The van der Waals surface area contributed by atoms with Crippen LogP contribution < -0.4 is 10.1 Å². The summed E-state index contributed by atoms with van der Waals surface area (Å²) in [6.45, 7) is 3.08. The molecule has 3 nitrogen and oxygen atoms in total. The fourth-order valence-corrected chi connectivity index (χ4v) is 2.25. The Hall–Kier alpha value is -0.230. The summed E-state index contributed by atoms with van der Waals surface area (Å²) in [4.78, 5) is 0. The third kappa shape index (κ3) is 5.61. The number of halogens is 1. The fraction of sp³-hybridized carbons (Fsp3) is 0.538. The third-order valence-electron chi connectivity index (χ3n) is 2.38. The maximum absolute atomic E-state index is 5.83. The molecule has 1 aromatic rings. The average molecular weight is 334 g/mol. The lowest BCUT2D eigenvalue weighted by Crippen LogP contribution is -2.19. The van der Waals surface area contributed by atoms with Gasteiger partial charge in [0.05, 0.1) is 17.7 Å². The number of thioether (sulfide) groups is 1. The Bertz CT molecular complexity index is 350. The van der Waals surface area contributed by atoms with E-state index in [1.807, 2.05) is 12.1 Å². The van der Waals surface area contributed by atoms with E-state index in [-0.39, 0.29) is 0 Å². The molecule has 0 amide bonds. The van der Waals surface area contributed by atoms with Gasteiger partial charge in [-0.25, -0.2) is 0 Å². The third-order valence-corrected chi connectivity index (χ3v) is 3.58. The molecule has 0 aliphatic carbocycles. The Morgan fingerprint density at radius 3 is 2.89 bits per heavy atom. The monoisotopic (exact) mass is 333 g/mol. The molecule has 1 N–H and O–H groups in total. The molecule has 1 rings (SSSR count). The van der Waals surface area contributed by atoms with Crippen molar-refractivity contribution in [3.8, 4) is 5.75 Å². The van der Waals surface area contributed by atoms with E-state index < -0.39 is 0 Å². The number of benzene rings is 1. The van der Waals surface area contributed by atoms with E-state index in [1.54, 1.807) is 18.9 Å². The Kier molecular flexibility index (Phi) is 8.50. The van der Waals surface area contributed by atoms with E-state index in [2.05, 4.69) is 33.6 Å². The fourth-order valence-electron chi connectivity index (χ4n) is 1.48. The quantitative estimate of drug-likeness (QED) is 0.704. The van der Waals surface area contributed by atoms with Crippen molar-refractivity contribution < 1.29 is 9.47 Å². The molecule has 0 saturated heterocycles. The molecule has 5 heteroatoms. The molecule has 0 fully saturated rings. The van der Waals surface area contributed by atoms with Gasteiger partial charge in [-0.3, -0.25) is 0 Å². The molecule has 0 heterocycles. The number of nitrogens with one attached hydrogen (secondary N) is 1. The van der Waals surface area contributed by atoms with Gasteiger partial charge in [-0.15, -0.1) is 0 Å². The maximum atomic E-state index is 5.83. The smallest absolute Gasteiger partial charge is 0.137 e. The van der Waals surface area contributed by atoms with E-state index in [0.29, 0.717) is 0 Å². The van der Waals surface area contributed by atoms with E-state index >= 15 is 0 Å². The van der Waals surface area contributed by atoms with Crippen molar-refractivity contribution in [1.82, 2.24) is 5.32 Å². The van der Waals surface area contributed by atoms with Crippen LogP contribution in [0.1, 0.15) is 5.56 Å². The van der Waals surface area contributed by atoms with Crippen LogP contribution in [0.5, 0.6) is 5.75 Å². The van der Waals surface area contributed by atoms with Gasteiger partial charge in [-0.1, -0.05) is 12.1 Å². The Labute approximate surface area is 122 Å². The van der Waals surface area contributed by atoms with Gasteiger partial charge in [0.15, 0.2) is 0 Å². The number of hydrogen-bond acceptors (Lipinski definition) is 4. The van der Waals surface area contributed by atoms with Gasteiger partial charge in [0.2, 0.25) is 0 Å². The molecule has 0 radical (unpaired) electrons. The zero-order chi connectivity index (χ0) is 13.2. The van der Waals surface area contributed by atoms with Crippen molar-refractivity contribution in [1.29, 1.82) is 0 Å². The van der Waals surface area contributed by atoms with Crippen LogP contribution in [0.15, 0.2) is 22.7 Å². The van der Waals surface area contributed by atoms with Gasteiger partial charge < -0.3 is 14.8 Å². The predicted molar refractivity (Wildman–Crippen MR) is 81.6 cm³/mol. The molecule has 0 atom stereocenters. The van der Waals surface area contributed by atoms with E-state index in [0.717, 1.165) is 42.3 Å². The van der Waals surface area contributed by atoms with E-state index in [9.17, 15) is 0 Å². The second kappa shape index (κ2) is 9.67. The molecular weight excluding hydrogens is 314 g/mol. The summed E-state index contributed by atoms with van der Waals surface area (Å²) < 4.78 is 11.8. The van der Waals surface area contributed by atoms with Crippen molar-refractivity contribution in [2.24, 2.45) is 0 Å². The van der Waals surface area contributed by atoms with Crippen LogP contribution in [0.4, 0.5) is 0 Å². The summed E-state index contributed by atoms with van der Waals surface area (Å²) >= 11 is 5.32. The highest BCUT2D eigenvalue weighted by atomic mass is 79.9. The van der Waals surface area contributed by atoms with Crippen LogP contribution in [0.2, 0.25) is 0 Å². The molecule has 0 bridgehead atoms. The molecule has 0 unspecified atom stereocenters. The molecule has 1 aromatic carbocycles. The summed E-state index contributed by atoms with van der Waals surface area (Å²) in [7, 11) is 1.71. The summed E-state index contributed by atoms with van der Waals surface area (Å²) in [6.07, 6.45) is 2.08. The Morgan fingerprint density at radius 2 is 2.17 bits per heavy atom. The minimum Gasteiger partial charge on any atom is -0.491 e. The van der Waals surface area contributed by atoms with Crippen LogP contribution in [0.25, 0.3) is 0 Å². The first-order valence-electron chi connectivity index (χ1n) is 5.88. The van der Waals surface area contributed by atoms with Crippen molar-refractivity contribution in [3.63, 3.8) is 0 Å². The van der Waals surface area contributed by atoms with Crippen LogP contribution in [-0.2, 0) is 11.3 Å². The highest BCUT2D eigenvalue weighted by molar-refractivity contribution is 9.10. The summed E-state index contributed by atoms with van der Waals surface area (Å²) in [5.41, 5.74) is 1.17. The standard InChI is InChI=1S/C13H20BrNO2S/c1-16-7-6-15-10-11-4-3-5-12(14)13(11)17-8-9-18-2/h3-5,15H,6-10H2,1-2H3. The van der Waals surface area contributed by atoms with Crippen molar-refractivity contribution in [2.75, 3.05) is 38.9 Å². The zero-order valence-electron chi connectivity index (χ0n) is 10.9. The first kappa shape index (κ1) is 15.8. The zero-order valence-corrected chi connectivity index (χ0v) is 13.3. The first-order chi connectivity index (χ1) is 8.79. The number of ether oxygens (including phenoxy) is 2. The van der Waals surface area contributed by atoms with Crippen molar-refractivity contribution >= 4 is 27.7 Å². The Balaban J connectivity index is 2.56. The lowest BCUT2D eigenvalue weighted by molar-refractivity contribution is 0.199. The largest absolute Gasteiger partial charge is 0.491 e. The van der Waals surface area contributed by atoms with Crippen LogP contribution >= 0.6 is 27.7 Å². The molecule has 0 aliphatic heterocycles. The van der Waals surface area contributed by atoms with Gasteiger partial charge in [-0.05, 0) is 28.3 Å². The molecule has 18 heavy (non-hydrogen) atoms. The number of rotatable bonds is 9. The second-order valence-electron chi connectivity index (χ2n) is 3.74. The van der Waals surface area contributed by atoms with Crippen molar-refractivity contribution in [3.05, 3.63) is 28.2 Å². The highest BCUT2D eigenvalue weighted by Gasteiger charge is 2.07. The summed E-state index contributed by atoms with van der Waals surface area (Å²) in [5, 5.41) is 3.33. The van der Waals surface area contributed by atoms with Gasteiger partial charge in [0.25, 0.3) is 0 Å². The molecule has 0 aromatic heterocycles. The van der Waals surface area contributed by atoms with E-state index in [1.165, 1.54) is 5.56 Å². The topological polar surface area (TPSA) is 30.5 Å². The lowest BCUT2D eigenvalue weighted by atomic mass is 10.2. The molecule has 0 saturated carbocycles. The predicted octanol–water partition coefficient (Wildman–Crippen LogP) is 2.93. The number of para-hydroxylation sites is 1. The SMILES string of the molecule is COCCNCc1cccc(Br)c1OCCSC. The summed E-state index contributed by atoms with van der Waals surface area (Å²) in [6, 6.07) is 6.12. The molecule has 102 valence electrons. The maximum Gasteiger partial charge on any atom is 0.137 e. The number of methoxy groups -OCH3 is 1. The molecule has 0 aliphatic rings. The van der Waals surface area contributed by atoms with E-state index in [4.69, 9.17) is 9.47 Å². The second-order valence-corrected chi connectivity index (χ2v) is 5.58. The summed E-state index contributed by atoms with van der Waals surface area (Å²) in [5.74, 6) is 1.94. The highest BCUT2D eigenvalue weighted by Crippen LogP contribution is 2.29. The lowest BCUT2D eigenvalue weighted by Gasteiger charge is -2.13. The van der Waals surface area contributed by atoms with Crippen LogP contribution in [-0.4, -0.2) is 38.9 Å². The first-order valence-corrected chi connectivity index (χ1v) is 8.07. The van der Waals surface area contributed by atoms with Gasteiger partial charge >= 0.3 is 0 Å². The van der Waals surface area contributed by atoms with Crippen LogP contribution in [0.3, 0.4) is 0 Å². The molecule has 0 spiro atoms. The Morgan fingerprint density at radius 1 is 1.33 bits per heavy atom. The van der Waals surface area contributed by atoms with Gasteiger partial charge in [0.1, 0.15) is 5.75 Å². The van der Waals surface area contributed by atoms with Gasteiger partial charge in [0, 0.05) is 31.5 Å². The van der Waals surface area contributed by atoms with Crippen molar-refractivity contribution in [2.45, 2.75) is 6.54 Å².